The number of hydrogen-bond acceptors (Lipinski definition) is 2. The maximum atomic E-state index is 10.6. The molecule has 4 nitrogen and oxygen atoms in total. The molecule has 0 aromatic carbocycles. The van der Waals surface area contributed by atoms with Gasteiger partial charge in [0.15, 0.2) is 0 Å². The maximum absolute atomic E-state index is 10.6. The van der Waals surface area contributed by atoms with Gasteiger partial charge in [0.25, 0.3) is 0 Å². The zero-order valence-corrected chi connectivity index (χ0v) is 9.03. The molecule has 15 heavy (non-hydrogen) atoms. The van der Waals surface area contributed by atoms with Gasteiger partial charge in [0.2, 0.25) is 0 Å². The van der Waals surface area contributed by atoms with Gasteiger partial charge in [0, 0.05) is 12.0 Å². The Morgan fingerprint density at radius 1 is 1.13 bits per heavy atom. The minimum absolute atomic E-state index is 0.198. The van der Waals surface area contributed by atoms with Gasteiger partial charge < -0.3 is 10.2 Å². The number of rotatable bonds is 8. The summed E-state index contributed by atoms with van der Waals surface area (Å²) in [6.07, 6.45) is 5.52. The minimum Gasteiger partial charge on any atom is -0.481 e. The molecular weight excluding hydrogens is 196 g/mol. The van der Waals surface area contributed by atoms with Crippen molar-refractivity contribution in [3.05, 3.63) is 11.6 Å². The molecule has 0 bridgehead atoms. The van der Waals surface area contributed by atoms with E-state index >= 15 is 0 Å². The number of unbranched alkanes of at least 4 members (excludes halogenated alkanes) is 3. The van der Waals surface area contributed by atoms with E-state index in [9.17, 15) is 9.59 Å². The third-order valence-electron chi connectivity index (χ3n) is 2.14. The normalized spacial score (nSPS) is 11.4. The molecule has 0 saturated carbocycles. The SMILES string of the molecule is CCC(=CCCCCCC(=O)O)C(=O)O. The zero-order valence-electron chi connectivity index (χ0n) is 9.03. The highest BCUT2D eigenvalue weighted by Gasteiger charge is 2.02. The predicted molar refractivity (Wildman–Crippen MR) is 56.7 cm³/mol. The van der Waals surface area contributed by atoms with Gasteiger partial charge in [-0.25, -0.2) is 4.79 Å². The molecule has 0 rings (SSSR count). The number of carboxylic acids is 2. The van der Waals surface area contributed by atoms with Crippen LogP contribution in [0.3, 0.4) is 0 Å². The summed E-state index contributed by atoms with van der Waals surface area (Å²) in [6.45, 7) is 1.81. The first-order valence-corrected chi connectivity index (χ1v) is 5.22. The van der Waals surface area contributed by atoms with E-state index in [1.165, 1.54) is 0 Å². The Morgan fingerprint density at radius 3 is 2.27 bits per heavy atom. The van der Waals surface area contributed by atoms with Crippen molar-refractivity contribution in [2.75, 3.05) is 0 Å². The fourth-order valence-corrected chi connectivity index (χ4v) is 1.26. The van der Waals surface area contributed by atoms with Crippen LogP contribution < -0.4 is 0 Å². The van der Waals surface area contributed by atoms with Gasteiger partial charge in [-0.15, -0.1) is 0 Å². The third-order valence-corrected chi connectivity index (χ3v) is 2.14. The number of hydrogen-bond donors (Lipinski definition) is 2. The molecule has 0 unspecified atom stereocenters. The van der Waals surface area contributed by atoms with E-state index in [1.54, 1.807) is 6.08 Å². The Labute approximate surface area is 89.6 Å². The summed E-state index contributed by atoms with van der Waals surface area (Å²) in [4.78, 5) is 20.8. The van der Waals surface area contributed by atoms with Crippen molar-refractivity contribution in [1.29, 1.82) is 0 Å². The Hall–Kier alpha value is -1.32. The van der Waals surface area contributed by atoms with Crippen molar-refractivity contribution in [3.8, 4) is 0 Å². The lowest BCUT2D eigenvalue weighted by molar-refractivity contribution is -0.137. The van der Waals surface area contributed by atoms with Crippen molar-refractivity contribution in [2.45, 2.75) is 45.4 Å². The second-order valence-electron chi connectivity index (χ2n) is 3.38. The van der Waals surface area contributed by atoms with Gasteiger partial charge in [0.05, 0.1) is 0 Å². The standard InChI is InChI=1S/C11H18O4/c1-2-9(11(14)15)7-5-3-4-6-8-10(12)13/h7H,2-6,8H2,1H3,(H,12,13)(H,14,15). The number of carboxylic acid groups (broad SMARTS) is 2. The van der Waals surface area contributed by atoms with Crippen LogP contribution in [0.4, 0.5) is 0 Å². The summed E-state index contributed by atoms with van der Waals surface area (Å²) in [7, 11) is 0. The second kappa shape index (κ2) is 8.03. The molecule has 0 saturated heterocycles. The molecule has 0 aliphatic heterocycles. The molecule has 86 valence electrons. The summed E-state index contributed by atoms with van der Waals surface area (Å²) in [5, 5.41) is 17.1. The van der Waals surface area contributed by atoms with Crippen LogP contribution in [0.5, 0.6) is 0 Å². The van der Waals surface area contributed by atoms with Crippen LogP contribution in [0.25, 0.3) is 0 Å². The van der Waals surface area contributed by atoms with Crippen molar-refractivity contribution in [1.82, 2.24) is 0 Å². The molecule has 0 radical (unpaired) electrons. The molecule has 0 fully saturated rings. The van der Waals surface area contributed by atoms with Crippen molar-refractivity contribution < 1.29 is 19.8 Å². The summed E-state index contributed by atoms with van der Waals surface area (Å²) >= 11 is 0. The van der Waals surface area contributed by atoms with E-state index in [0.29, 0.717) is 18.4 Å². The van der Waals surface area contributed by atoms with Gasteiger partial charge in [-0.05, 0) is 25.7 Å². The molecule has 0 atom stereocenters. The Balaban J connectivity index is 3.59. The van der Waals surface area contributed by atoms with Crippen molar-refractivity contribution in [3.63, 3.8) is 0 Å². The van der Waals surface area contributed by atoms with Crippen molar-refractivity contribution >= 4 is 11.9 Å². The molecule has 0 aromatic rings. The van der Waals surface area contributed by atoms with Crippen LogP contribution in [0, 0.1) is 0 Å². The highest BCUT2D eigenvalue weighted by Crippen LogP contribution is 2.08. The summed E-state index contributed by atoms with van der Waals surface area (Å²) in [6, 6.07) is 0. The molecule has 4 heteroatoms. The second-order valence-corrected chi connectivity index (χ2v) is 3.38. The monoisotopic (exact) mass is 214 g/mol. The number of carbonyl (C=O) groups is 2. The molecule has 0 spiro atoms. The van der Waals surface area contributed by atoms with E-state index in [-0.39, 0.29) is 6.42 Å². The molecule has 0 amide bonds. The van der Waals surface area contributed by atoms with Crippen LogP contribution in [0.1, 0.15) is 45.4 Å². The average molecular weight is 214 g/mol. The fraction of sp³-hybridized carbons (Fsp3) is 0.636. The van der Waals surface area contributed by atoms with Gasteiger partial charge in [0.1, 0.15) is 0 Å². The van der Waals surface area contributed by atoms with Crippen LogP contribution >= 0.6 is 0 Å². The third kappa shape index (κ3) is 7.73. The lowest BCUT2D eigenvalue weighted by Gasteiger charge is -1.98. The number of allylic oxidation sites excluding steroid dienone is 1. The Morgan fingerprint density at radius 2 is 1.80 bits per heavy atom. The first-order valence-electron chi connectivity index (χ1n) is 5.22. The Bertz CT molecular complexity index is 243. The minimum atomic E-state index is -0.858. The van der Waals surface area contributed by atoms with Gasteiger partial charge in [-0.3, -0.25) is 4.79 Å². The lowest BCUT2D eigenvalue weighted by Crippen LogP contribution is -1.98. The molecule has 0 aliphatic rings. The van der Waals surface area contributed by atoms with Gasteiger partial charge in [-0.1, -0.05) is 19.4 Å². The van der Waals surface area contributed by atoms with Gasteiger partial charge in [-0.2, -0.15) is 0 Å². The van der Waals surface area contributed by atoms with Crippen LogP contribution in [0.2, 0.25) is 0 Å². The molecule has 2 N–H and O–H groups in total. The van der Waals surface area contributed by atoms with Crippen molar-refractivity contribution in [2.24, 2.45) is 0 Å². The topological polar surface area (TPSA) is 74.6 Å². The van der Waals surface area contributed by atoms with Crippen LogP contribution in [-0.2, 0) is 9.59 Å². The first kappa shape index (κ1) is 13.7. The summed E-state index contributed by atoms with van der Waals surface area (Å²) in [5.41, 5.74) is 0.438. The molecular formula is C11H18O4. The van der Waals surface area contributed by atoms with E-state index < -0.39 is 11.9 Å². The molecule has 0 aromatic heterocycles. The zero-order chi connectivity index (χ0) is 11.7. The van der Waals surface area contributed by atoms with E-state index in [1.807, 2.05) is 6.92 Å². The lowest BCUT2D eigenvalue weighted by atomic mass is 10.1. The highest BCUT2D eigenvalue weighted by atomic mass is 16.4. The first-order chi connectivity index (χ1) is 7.07. The predicted octanol–water partition coefficient (Wildman–Crippen LogP) is 2.44. The highest BCUT2D eigenvalue weighted by molar-refractivity contribution is 5.86. The summed E-state index contributed by atoms with van der Waals surface area (Å²) in [5.74, 6) is -1.63. The van der Waals surface area contributed by atoms with Crippen LogP contribution in [-0.4, -0.2) is 22.2 Å². The average Bonchev–Trinajstić information content (AvgIpc) is 2.15. The molecule has 0 aliphatic carbocycles. The molecule has 0 heterocycles. The smallest absolute Gasteiger partial charge is 0.331 e. The van der Waals surface area contributed by atoms with E-state index in [4.69, 9.17) is 10.2 Å². The summed E-state index contributed by atoms with van der Waals surface area (Å²) < 4.78 is 0. The fourth-order valence-electron chi connectivity index (χ4n) is 1.26. The largest absolute Gasteiger partial charge is 0.481 e. The van der Waals surface area contributed by atoms with E-state index in [2.05, 4.69) is 0 Å². The Kier molecular flexibility index (Phi) is 7.32. The maximum Gasteiger partial charge on any atom is 0.331 e. The van der Waals surface area contributed by atoms with E-state index in [0.717, 1.165) is 19.3 Å². The van der Waals surface area contributed by atoms with Crippen LogP contribution in [0.15, 0.2) is 11.6 Å². The quantitative estimate of drug-likeness (QED) is 0.480. The van der Waals surface area contributed by atoms with Gasteiger partial charge >= 0.3 is 11.9 Å². The number of aliphatic carboxylic acids is 2.